The zero-order valence-corrected chi connectivity index (χ0v) is 13.9. The zero-order valence-electron chi connectivity index (χ0n) is 13.9. The first-order chi connectivity index (χ1) is 11.3. The first-order valence-electron chi connectivity index (χ1n) is 9.01. The highest BCUT2D eigenvalue weighted by Crippen LogP contribution is 2.24. The van der Waals surface area contributed by atoms with Gasteiger partial charge in [0.1, 0.15) is 11.3 Å². The number of pyridine rings is 1. The summed E-state index contributed by atoms with van der Waals surface area (Å²) in [6.07, 6.45) is 8.03. The van der Waals surface area contributed by atoms with Crippen molar-refractivity contribution in [3.8, 4) is 0 Å². The summed E-state index contributed by atoms with van der Waals surface area (Å²) in [6, 6.07) is 4.66. The Balaban J connectivity index is 1.64. The maximum Gasteiger partial charge on any atom is 0.160 e. The van der Waals surface area contributed by atoms with Crippen LogP contribution in [-0.4, -0.2) is 51.3 Å². The molecule has 2 atom stereocenters. The van der Waals surface area contributed by atoms with Gasteiger partial charge >= 0.3 is 0 Å². The molecular weight excluding hydrogens is 288 g/mol. The summed E-state index contributed by atoms with van der Waals surface area (Å²) in [7, 11) is 0. The molecule has 2 aliphatic heterocycles. The number of likely N-dealkylation sites (N-methyl/N-ethyl adjacent to an activating group) is 1. The van der Waals surface area contributed by atoms with Crippen LogP contribution in [0.4, 0.5) is 0 Å². The van der Waals surface area contributed by atoms with E-state index in [0.717, 1.165) is 49.5 Å². The number of nitrogens with zero attached hydrogens (tertiary/aromatic N) is 4. The summed E-state index contributed by atoms with van der Waals surface area (Å²) in [5.74, 6) is 1.15. The third-order valence-corrected chi connectivity index (χ3v) is 5.32. The van der Waals surface area contributed by atoms with Crippen LogP contribution in [0.15, 0.2) is 18.3 Å². The van der Waals surface area contributed by atoms with Crippen molar-refractivity contribution < 1.29 is 4.74 Å². The van der Waals surface area contributed by atoms with Crippen molar-refractivity contribution in [3.63, 3.8) is 0 Å². The minimum Gasteiger partial charge on any atom is -0.378 e. The second kappa shape index (κ2) is 6.57. The molecule has 2 aromatic rings. The Kier molecular flexibility index (Phi) is 4.31. The van der Waals surface area contributed by atoms with Crippen LogP contribution in [0.2, 0.25) is 0 Å². The Bertz CT molecular complexity index is 662. The number of hydrogen-bond acceptors (Lipinski definition) is 4. The van der Waals surface area contributed by atoms with Crippen LogP contribution >= 0.6 is 0 Å². The number of aromatic nitrogens is 3. The largest absolute Gasteiger partial charge is 0.378 e. The van der Waals surface area contributed by atoms with Gasteiger partial charge in [-0.3, -0.25) is 4.90 Å². The van der Waals surface area contributed by atoms with Crippen molar-refractivity contribution in [3.05, 3.63) is 24.2 Å². The Morgan fingerprint density at radius 1 is 1.30 bits per heavy atom. The van der Waals surface area contributed by atoms with Gasteiger partial charge in [0, 0.05) is 31.8 Å². The highest BCUT2D eigenvalue weighted by atomic mass is 16.5. The SMILES string of the molecule is CCN1CCCC1Cn1c(CC2CCCO2)nc2cccnc21. The fourth-order valence-corrected chi connectivity index (χ4v) is 4.09. The lowest BCUT2D eigenvalue weighted by Crippen LogP contribution is -2.33. The Hall–Kier alpha value is -1.46. The quantitative estimate of drug-likeness (QED) is 0.851. The summed E-state index contributed by atoms with van der Waals surface area (Å²) < 4.78 is 8.19. The summed E-state index contributed by atoms with van der Waals surface area (Å²) >= 11 is 0. The molecule has 2 fully saturated rings. The second-order valence-corrected chi connectivity index (χ2v) is 6.75. The van der Waals surface area contributed by atoms with E-state index in [1.54, 1.807) is 0 Å². The van der Waals surface area contributed by atoms with Gasteiger partial charge in [0.25, 0.3) is 0 Å². The van der Waals surface area contributed by atoms with Gasteiger partial charge in [0.15, 0.2) is 5.65 Å². The predicted molar refractivity (Wildman–Crippen MR) is 90.5 cm³/mol. The molecule has 2 saturated heterocycles. The lowest BCUT2D eigenvalue weighted by atomic mass is 10.1. The molecular formula is C18H26N4O. The predicted octanol–water partition coefficient (Wildman–Crippen LogP) is 2.64. The van der Waals surface area contributed by atoms with E-state index in [1.165, 1.54) is 25.8 Å². The van der Waals surface area contributed by atoms with Crippen LogP contribution in [0.1, 0.15) is 38.4 Å². The zero-order chi connectivity index (χ0) is 15.6. The number of rotatable bonds is 5. The molecule has 5 nitrogen and oxygen atoms in total. The van der Waals surface area contributed by atoms with E-state index >= 15 is 0 Å². The summed E-state index contributed by atoms with van der Waals surface area (Å²) in [4.78, 5) is 12.1. The molecule has 5 heteroatoms. The molecule has 0 radical (unpaired) electrons. The van der Waals surface area contributed by atoms with E-state index in [0.29, 0.717) is 12.1 Å². The minimum atomic E-state index is 0.330. The average Bonchev–Trinajstić information content (AvgIpc) is 3.29. The Morgan fingerprint density at radius 2 is 2.26 bits per heavy atom. The van der Waals surface area contributed by atoms with Crippen LogP contribution < -0.4 is 0 Å². The van der Waals surface area contributed by atoms with Crippen molar-refractivity contribution in [2.45, 2.75) is 57.7 Å². The first-order valence-corrected chi connectivity index (χ1v) is 9.01. The third-order valence-electron chi connectivity index (χ3n) is 5.32. The van der Waals surface area contributed by atoms with E-state index in [9.17, 15) is 0 Å². The van der Waals surface area contributed by atoms with E-state index < -0.39 is 0 Å². The van der Waals surface area contributed by atoms with Gasteiger partial charge in [-0.2, -0.15) is 0 Å². The fourth-order valence-electron chi connectivity index (χ4n) is 4.09. The highest BCUT2D eigenvalue weighted by Gasteiger charge is 2.26. The standard InChI is InChI=1S/C18H26N4O/c1-2-21-10-4-6-14(21)13-22-17(12-15-7-5-11-23-15)20-16-8-3-9-19-18(16)22/h3,8-9,14-15H,2,4-7,10-13H2,1H3. The molecule has 0 saturated carbocycles. The second-order valence-electron chi connectivity index (χ2n) is 6.75. The minimum absolute atomic E-state index is 0.330. The van der Waals surface area contributed by atoms with Crippen molar-refractivity contribution in [2.75, 3.05) is 19.7 Å². The maximum atomic E-state index is 5.84. The first kappa shape index (κ1) is 15.1. The smallest absolute Gasteiger partial charge is 0.160 e. The molecule has 2 aromatic heterocycles. The molecule has 2 aliphatic rings. The van der Waals surface area contributed by atoms with Gasteiger partial charge < -0.3 is 9.30 Å². The highest BCUT2D eigenvalue weighted by molar-refractivity contribution is 5.71. The van der Waals surface area contributed by atoms with E-state index in [1.807, 2.05) is 12.3 Å². The number of hydrogen-bond donors (Lipinski definition) is 0. The van der Waals surface area contributed by atoms with Crippen LogP contribution in [0, 0.1) is 0 Å². The van der Waals surface area contributed by atoms with Crippen molar-refractivity contribution >= 4 is 11.2 Å². The summed E-state index contributed by atoms with van der Waals surface area (Å²) in [6.45, 7) is 6.52. The van der Waals surface area contributed by atoms with Gasteiger partial charge in [-0.1, -0.05) is 6.92 Å². The Morgan fingerprint density at radius 3 is 3.09 bits per heavy atom. The number of fused-ring (bicyclic) bond motifs is 1. The van der Waals surface area contributed by atoms with Gasteiger partial charge in [-0.25, -0.2) is 9.97 Å². The van der Waals surface area contributed by atoms with E-state index in [2.05, 4.69) is 27.4 Å². The lowest BCUT2D eigenvalue weighted by Gasteiger charge is -2.24. The summed E-state index contributed by atoms with van der Waals surface area (Å²) in [5.41, 5.74) is 2.05. The van der Waals surface area contributed by atoms with Crippen LogP contribution in [0.25, 0.3) is 11.2 Å². The average molecular weight is 314 g/mol. The molecule has 0 spiro atoms. The van der Waals surface area contributed by atoms with Crippen LogP contribution in [-0.2, 0) is 17.7 Å². The molecule has 23 heavy (non-hydrogen) atoms. The van der Waals surface area contributed by atoms with Gasteiger partial charge in [-0.15, -0.1) is 0 Å². The van der Waals surface area contributed by atoms with Crippen LogP contribution in [0.5, 0.6) is 0 Å². The summed E-state index contributed by atoms with van der Waals surface area (Å²) in [5, 5.41) is 0. The molecule has 0 aromatic carbocycles. The monoisotopic (exact) mass is 314 g/mol. The molecule has 0 bridgehead atoms. The molecule has 124 valence electrons. The molecule has 0 aliphatic carbocycles. The van der Waals surface area contributed by atoms with Crippen molar-refractivity contribution in [2.24, 2.45) is 0 Å². The topological polar surface area (TPSA) is 43.2 Å². The Labute approximate surface area is 137 Å². The van der Waals surface area contributed by atoms with Crippen LogP contribution in [0.3, 0.4) is 0 Å². The normalized spacial score (nSPS) is 25.6. The van der Waals surface area contributed by atoms with E-state index in [-0.39, 0.29) is 0 Å². The van der Waals surface area contributed by atoms with Gasteiger partial charge in [-0.05, 0) is 50.9 Å². The molecule has 4 heterocycles. The van der Waals surface area contributed by atoms with Gasteiger partial charge in [0.2, 0.25) is 0 Å². The number of imidazole rings is 1. The lowest BCUT2D eigenvalue weighted by molar-refractivity contribution is 0.109. The molecule has 2 unspecified atom stereocenters. The molecule has 4 rings (SSSR count). The number of ether oxygens (including phenoxy) is 1. The molecule has 0 amide bonds. The number of likely N-dealkylation sites (tertiary alicyclic amines) is 1. The van der Waals surface area contributed by atoms with E-state index in [4.69, 9.17) is 9.72 Å². The van der Waals surface area contributed by atoms with Gasteiger partial charge in [0.05, 0.1) is 6.10 Å². The maximum absolute atomic E-state index is 5.84. The van der Waals surface area contributed by atoms with Crippen molar-refractivity contribution in [1.82, 2.24) is 19.4 Å². The third kappa shape index (κ3) is 3.00. The molecule has 0 N–H and O–H groups in total. The van der Waals surface area contributed by atoms with Crippen molar-refractivity contribution in [1.29, 1.82) is 0 Å². The fraction of sp³-hybridized carbons (Fsp3) is 0.667.